The van der Waals surface area contributed by atoms with Crippen LogP contribution in [0.3, 0.4) is 0 Å². The second kappa shape index (κ2) is 5.72. The third-order valence-electron chi connectivity index (χ3n) is 4.86. The zero-order valence-corrected chi connectivity index (χ0v) is 14.5. The molecule has 0 amide bonds. The summed E-state index contributed by atoms with van der Waals surface area (Å²) >= 11 is 0. The molecule has 0 fully saturated rings. The highest BCUT2D eigenvalue weighted by Crippen LogP contribution is 2.38. The van der Waals surface area contributed by atoms with E-state index in [1.165, 1.54) is 39.0 Å². The Balaban J connectivity index is 2.05. The summed E-state index contributed by atoms with van der Waals surface area (Å²) in [4.78, 5) is 2.21. The van der Waals surface area contributed by atoms with Crippen molar-refractivity contribution in [3.05, 3.63) is 72.0 Å². The van der Waals surface area contributed by atoms with Gasteiger partial charge in [-0.1, -0.05) is 48.6 Å². The summed E-state index contributed by atoms with van der Waals surface area (Å²) in [6.07, 6.45) is 9.71. The molecule has 1 aliphatic carbocycles. The number of nitrogens with zero attached hydrogens (tertiary/aromatic N) is 2. The second-order valence-corrected chi connectivity index (χ2v) is 6.56. The summed E-state index contributed by atoms with van der Waals surface area (Å²) in [6, 6.07) is 15.3. The van der Waals surface area contributed by atoms with Crippen LogP contribution in [0.5, 0.6) is 0 Å². The molecule has 0 atom stereocenters. The first-order valence-corrected chi connectivity index (χ1v) is 8.38. The average molecular weight is 314 g/mol. The van der Waals surface area contributed by atoms with Gasteiger partial charge >= 0.3 is 0 Å². The molecule has 2 heteroatoms. The van der Waals surface area contributed by atoms with E-state index < -0.39 is 0 Å². The van der Waals surface area contributed by atoms with E-state index in [0.29, 0.717) is 0 Å². The van der Waals surface area contributed by atoms with E-state index in [0.717, 1.165) is 6.42 Å². The van der Waals surface area contributed by atoms with Crippen LogP contribution in [0.2, 0.25) is 0 Å². The van der Waals surface area contributed by atoms with E-state index >= 15 is 0 Å². The minimum atomic E-state index is 0.983. The fourth-order valence-corrected chi connectivity index (χ4v) is 3.62. The molecule has 0 bridgehead atoms. The van der Waals surface area contributed by atoms with Crippen LogP contribution in [0, 0.1) is 0 Å². The van der Waals surface area contributed by atoms with E-state index in [-0.39, 0.29) is 0 Å². The highest BCUT2D eigenvalue weighted by molar-refractivity contribution is 5.97. The summed E-state index contributed by atoms with van der Waals surface area (Å²) in [6.45, 7) is 0. The number of benzene rings is 2. The molecule has 24 heavy (non-hydrogen) atoms. The summed E-state index contributed by atoms with van der Waals surface area (Å²) in [5, 5.41) is 1.35. The number of aromatic nitrogens is 1. The minimum absolute atomic E-state index is 0.983. The van der Waals surface area contributed by atoms with Crippen molar-refractivity contribution >= 4 is 22.7 Å². The Bertz CT molecular complexity index is 957. The Morgan fingerprint density at radius 2 is 1.79 bits per heavy atom. The van der Waals surface area contributed by atoms with Gasteiger partial charge < -0.3 is 9.47 Å². The molecule has 2 aromatic carbocycles. The van der Waals surface area contributed by atoms with Gasteiger partial charge in [-0.25, -0.2) is 0 Å². The van der Waals surface area contributed by atoms with Gasteiger partial charge in [0.25, 0.3) is 0 Å². The lowest BCUT2D eigenvalue weighted by Gasteiger charge is -2.19. The topological polar surface area (TPSA) is 8.17 Å². The van der Waals surface area contributed by atoms with Gasteiger partial charge in [0, 0.05) is 49.0 Å². The maximum absolute atomic E-state index is 2.35. The van der Waals surface area contributed by atoms with E-state index in [1.54, 1.807) is 0 Å². The van der Waals surface area contributed by atoms with E-state index in [4.69, 9.17) is 0 Å². The Morgan fingerprint density at radius 3 is 2.54 bits per heavy atom. The number of rotatable bonds is 2. The van der Waals surface area contributed by atoms with Crippen molar-refractivity contribution in [2.75, 3.05) is 19.0 Å². The van der Waals surface area contributed by atoms with Crippen LogP contribution in [-0.2, 0) is 13.5 Å². The number of allylic oxidation sites excluding steroid dienone is 3. The van der Waals surface area contributed by atoms with Gasteiger partial charge in [0.05, 0.1) is 0 Å². The summed E-state index contributed by atoms with van der Waals surface area (Å²) in [7, 11) is 6.41. The number of anilines is 1. The SMILES string of the molecule is CN(C)c1cc2c3c(n(C)c2cc1-c1ccccc1)C=CC=CC3. The van der Waals surface area contributed by atoms with Crippen molar-refractivity contribution < 1.29 is 0 Å². The maximum atomic E-state index is 2.35. The first-order valence-electron chi connectivity index (χ1n) is 8.38. The van der Waals surface area contributed by atoms with Crippen LogP contribution in [-0.4, -0.2) is 18.7 Å². The zero-order valence-electron chi connectivity index (χ0n) is 14.5. The van der Waals surface area contributed by atoms with Gasteiger partial charge in [-0.15, -0.1) is 0 Å². The molecule has 2 nitrogen and oxygen atoms in total. The Hall–Kier alpha value is -2.74. The minimum Gasteiger partial charge on any atom is -0.377 e. The summed E-state index contributed by atoms with van der Waals surface area (Å²) < 4.78 is 2.32. The van der Waals surface area contributed by atoms with Gasteiger partial charge in [-0.05, 0) is 35.8 Å². The lowest BCUT2D eigenvalue weighted by atomic mass is 9.99. The normalized spacial score (nSPS) is 13.1. The smallest absolute Gasteiger partial charge is 0.0493 e. The van der Waals surface area contributed by atoms with Crippen molar-refractivity contribution in [3.63, 3.8) is 0 Å². The van der Waals surface area contributed by atoms with Crippen LogP contribution in [0.25, 0.3) is 28.1 Å². The van der Waals surface area contributed by atoms with Crippen LogP contribution in [0.15, 0.2) is 60.7 Å². The van der Waals surface area contributed by atoms with Gasteiger partial charge in [-0.3, -0.25) is 0 Å². The van der Waals surface area contributed by atoms with Gasteiger partial charge in [-0.2, -0.15) is 0 Å². The molecule has 1 aliphatic rings. The highest BCUT2D eigenvalue weighted by Gasteiger charge is 2.17. The van der Waals surface area contributed by atoms with Crippen LogP contribution in [0.1, 0.15) is 11.3 Å². The Morgan fingerprint density at radius 1 is 1.00 bits per heavy atom. The maximum Gasteiger partial charge on any atom is 0.0493 e. The molecule has 4 rings (SSSR count). The molecule has 0 saturated carbocycles. The molecule has 1 heterocycles. The standard InChI is InChI=1S/C22H22N2/c1-23(2)21-15-19-17-12-8-5-9-13-20(17)24(3)22(19)14-18(21)16-10-6-4-7-11-16/h4-11,13-15H,12H2,1-3H3. The summed E-state index contributed by atoms with van der Waals surface area (Å²) in [5.41, 5.74) is 7.83. The van der Waals surface area contributed by atoms with Gasteiger partial charge in [0.15, 0.2) is 0 Å². The molecule has 1 aromatic heterocycles. The van der Waals surface area contributed by atoms with Crippen molar-refractivity contribution in [1.29, 1.82) is 0 Å². The van der Waals surface area contributed by atoms with E-state index in [1.807, 2.05) is 0 Å². The van der Waals surface area contributed by atoms with Crippen LogP contribution in [0.4, 0.5) is 5.69 Å². The third kappa shape index (κ3) is 2.26. The van der Waals surface area contributed by atoms with E-state index in [2.05, 4.69) is 97.4 Å². The number of fused-ring (bicyclic) bond motifs is 3. The summed E-state index contributed by atoms with van der Waals surface area (Å²) in [5.74, 6) is 0. The van der Waals surface area contributed by atoms with E-state index in [9.17, 15) is 0 Å². The fraction of sp³-hybridized carbons (Fsp3) is 0.182. The molecule has 0 saturated heterocycles. The monoisotopic (exact) mass is 314 g/mol. The molecule has 0 N–H and O–H groups in total. The molecule has 0 unspecified atom stereocenters. The first-order chi connectivity index (χ1) is 11.7. The van der Waals surface area contributed by atoms with Crippen LogP contribution < -0.4 is 4.90 Å². The number of hydrogen-bond acceptors (Lipinski definition) is 1. The third-order valence-corrected chi connectivity index (χ3v) is 4.86. The average Bonchev–Trinajstić information content (AvgIpc) is 2.77. The molecule has 3 aromatic rings. The van der Waals surface area contributed by atoms with Crippen molar-refractivity contribution in [2.45, 2.75) is 6.42 Å². The van der Waals surface area contributed by atoms with Crippen LogP contribution >= 0.6 is 0 Å². The zero-order chi connectivity index (χ0) is 16.7. The van der Waals surface area contributed by atoms with Gasteiger partial charge in [0.1, 0.15) is 0 Å². The molecule has 0 aliphatic heterocycles. The predicted octanol–water partition coefficient (Wildman–Crippen LogP) is 5.04. The number of hydrogen-bond donors (Lipinski definition) is 0. The Labute approximate surface area is 143 Å². The quantitative estimate of drug-likeness (QED) is 0.643. The predicted molar refractivity (Wildman–Crippen MR) is 105 cm³/mol. The highest BCUT2D eigenvalue weighted by atomic mass is 15.1. The molecule has 120 valence electrons. The van der Waals surface area contributed by atoms with Crippen molar-refractivity contribution in [3.8, 4) is 11.1 Å². The van der Waals surface area contributed by atoms with Gasteiger partial charge in [0.2, 0.25) is 0 Å². The largest absolute Gasteiger partial charge is 0.377 e. The lowest BCUT2D eigenvalue weighted by molar-refractivity contribution is 0.945. The molecule has 0 radical (unpaired) electrons. The van der Waals surface area contributed by atoms with Crippen molar-refractivity contribution in [1.82, 2.24) is 4.57 Å². The fourth-order valence-electron chi connectivity index (χ4n) is 3.62. The lowest BCUT2D eigenvalue weighted by Crippen LogP contribution is -2.10. The number of aryl methyl sites for hydroxylation is 1. The molecule has 0 spiro atoms. The Kier molecular flexibility index (Phi) is 3.53. The second-order valence-electron chi connectivity index (χ2n) is 6.56. The molecular formula is C22H22N2. The van der Waals surface area contributed by atoms with Crippen molar-refractivity contribution in [2.24, 2.45) is 7.05 Å². The molecular weight excluding hydrogens is 292 g/mol. The first kappa shape index (κ1) is 14.8.